The quantitative estimate of drug-likeness (QED) is 0.352. The van der Waals surface area contributed by atoms with Gasteiger partial charge in [-0.05, 0) is 111 Å². The minimum atomic E-state index is -0.685. The van der Waals surface area contributed by atoms with E-state index in [1.807, 2.05) is 48.5 Å². The molecule has 0 fully saturated rings. The Kier molecular flexibility index (Phi) is 7.89. The Morgan fingerprint density at radius 2 is 0.812 bits per heavy atom. The molecule has 4 aromatic carbocycles. The van der Waals surface area contributed by atoms with Crippen molar-refractivity contribution in [1.82, 2.24) is 0 Å². The Balaban J connectivity index is 0.000000416. The van der Waals surface area contributed by atoms with Gasteiger partial charge in [0.1, 0.15) is 5.75 Å². The zero-order valence-corrected chi connectivity index (χ0v) is 20.9. The van der Waals surface area contributed by atoms with E-state index in [0.717, 1.165) is 0 Å². The van der Waals surface area contributed by atoms with Gasteiger partial charge >= 0.3 is 0 Å². The lowest BCUT2D eigenvalue weighted by molar-refractivity contribution is 0.475. The summed E-state index contributed by atoms with van der Waals surface area (Å²) in [4.78, 5) is 0. The molecule has 0 radical (unpaired) electrons. The van der Waals surface area contributed by atoms with Crippen LogP contribution < -0.4 is 15.9 Å². The summed E-state index contributed by atoms with van der Waals surface area (Å²) in [6.07, 6.45) is 0. The molecule has 0 aliphatic heterocycles. The molecule has 2 heteroatoms. The molecule has 0 heterocycles. The van der Waals surface area contributed by atoms with Crippen LogP contribution in [0.5, 0.6) is 5.75 Å². The van der Waals surface area contributed by atoms with Crippen molar-refractivity contribution in [3.05, 3.63) is 118 Å². The number of aryl methyl sites for hydroxylation is 4. The van der Waals surface area contributed by atoms with Gasteiger partial charge in [0.15, 0.2) is 0 Å². The maximum Gasteiger partial charge on any atom is 0.115 e. The summed E-state index contributed by atoms with van der Waals surface area (Å²) >= 11 is 0. The molecule has 0 bridgehead atoms. The van der Waals surface area contributed by atoms with Crippen molar-refractivity contribution < 1.29 is 5.11 Å². The molecule has 0 atom stereocenters. The molecule has 0 aliphatic carbocycles. The van der Waals surface area contributed by atoms with E-state index in [2.05, 4.69) is 77.9 Å². The molecule has 1 N–H and O–H groups in total. The first-order valence-electron chi connectivity index (χ1n) is 11.0. The number of benzene rings is 4. The van der Waals surface area contributed by atoms with Crippen molar-refractivity contribution in [3.8, 4) is 5.75 Å². The Labute approximate surface area is 194 Å². The highest BCUT2D eigenvalue weighted by Crippen LogP contribution is 2.39. The zero-order valence-electron chi connectivity index (χ0n) is 20.0. The smallest absolute Gasteiger partial charge is 0.115 e. The molecule has 0 unspecified atom stereocenters. The predicted octanol–water partition coefficient (Wildman–Crippen LogP) is 6.69. The topological polar surface area (TPSA) is 20.2 Å². The summed E-state index contributed by atoms with van der Waals surface area (Å²) in [6.45, 7) is 13.3. The minimum absolute atomic E-state index is 0.319. The molecule has 0 aromatic heterocycles. The first kappa shape index (κ1) is 23.8. The number of phenols is 1. The maximum absolute atomic E-state index is 9.79. The van der Waals surface area contributed by atoms with Crippen LogP contribution in [0.3, 0.4) is 0 Å². The van der Waals surface area contributed by atoms with Crippen molar-refractivity contribution in [2.45, 2.75) is 41.5 Å². The van der Waals surface area contributed by atoms with E-state index in [0.29, 0.717) is 5.75 Å². The minimum Gasteiger partial charge on any atom is -0.508 e. The fourth-order valence-electron chi connectivity index (χ4n) is 3.92. The number of aromatic hydroxyl groups is 1. The van der Waals surface area contributed by atoms with E-state index in [9.17, 15) is 5.11 Å². The Morgan fingerprint density at radius 1 is 0.469 bits per heavy atom. The van der Waals surface area contributed by atoms with Crippen LogP contribution in [0.15, 0.2) is 84.9 Å². The normalized spacial score (nSPS) is 10.6. The number of hydrogen-bond donors (Lipinski definition) is 1. The van der Waals surface area contributed by atoms with E-state index in [1.54, 1.807) is 0 Å². The molecule has 0 saturated carbocycles. The van der Waals surface area contributed by atoms with Gasteiger partial charge < -0.3 is 5.11 Å². The molecule has 0 spiro atoms. The van der Waals surface area contributed by atoms with Crippen LogP contribution >= 0.6 is 7.92 Å². The Morgan fingerprint density at radius 3 is 1.19 bits per heavy atom. The van der Waals surface area contributed by atoms with Gasteiger partial charge in [-0.25, -0.2) is 0 Å². The van der Waals surface area contributed by atoms with Crippen LogP contribution in [0.4, 0.5) is 0 Å². The van der Waals surface area contributed by atoms with Gasteiger partial charge in [-0.15, -0.1) is 0 Å². The van der Waals surface area contributed by atoms with Gasteiger partial charge in [-0.1, -0.05) is 72.8 Å². The van der Waals surface area contributed by atoms with Gasteiger partial charge in [0.2, 0.25) is 0 Å². The largest absolute Gasteiger partial charge is 0.508 e. The van der Waals surface area contributed by atoms with E-state index in [-0.39, 0.29) is 0 Å². The molecule has 4 rings (SSSR count). The number of phenolic OH excluding ortho intramolecular Hbond substituents is 1. The van der Waals surface area contributed by atoms with Crippen LogP contribution in [-0.2, 0) is 0 Å². The number of rotatable bonds is 3. The van der Waals surface area contributed by atoms with Crippen molar-refractivity contribution in [1.29, 1.82) is 0 Å². The Hall–Kier alpha value is -2.89. The first-order valence-corrected chi connectivity index (χ1v) is 12.4. The van der Waals surface area contributed by atoms with Crippen LogP contribution in [-0.4, -0.2) is 5.11 Å². The molecule has 0 amide bonds. The summed E-state index contributed by atoms with van der Waals surface area (Å²) < 4.78 is 0. The lowest BCUT2D eigenvalue weighted by Gasteiger charge is -2.28. The highest BCUT2D eigenvalue weighted by atomic mass is 31.1. The summed E-state index contributed by atoms with van der Waals surface area (Å²) in [6, 6.07) is 28.7. The van der Waals surface area contributed by atoms with Crippen LogP contribution in [0, 0.1) is 41.5 Å². The van der Waals surface area contributed by atoms with Crippen molar-refractivity contribution >= 4 is 23.8 Å². The molecule has 0 aliphatic rings. The van der Waals surface area contributed by atoms with Gasteiger partial charge in [0.25, 0.3) is 0 Å². The number of hydrogen-bond acceptors (Lipinski definition) is 1. The monoisotopic (exact) mass is 440 g/mol. The standard InChI is InChI=1S/C24H27OP.C6H6/c1-15-7-9-17(3)23(19(15)5)26(22-13-11-21(25)12-14-22)24-18(4)10-8-16(2)20(24)6;1-2-4-6-5-3-1/h7-14,25H,1-6H3;1-6H. The third-order valence-corrected chi connectivity index (χ3v) is 9.11. The van der Waals surface area contributed by atoms with Gasteiger partial charge in [0.05, 0.1) is 0 Å². The fraction of sp³-hybridized carbons (Fsp3) is 0.200. The molecular formula is C30H33OP. The lowest BCUT2D eigenvalue weighted by atomic mass is 10.1. The molecular weight excluding hydrogens is 407 g/mol. The predicted molar refractivity (Wildman–Crippen MR) is 142 cm³/mol. The van der Waals surface area contributed by atoms with Crippen molar-refractivity contribution in [2.75, 3.05) is 0 Å². The second kappa shape index (κ2) is 10.6. The zero-order chi connectivity index (χ0) is 23.3. The third kappa shape index (κ3) is 5.29. The third-order valence-electron chi connectivity index (χ3n) is 6.03. The van der Waals surface area contributed by atoms with E-state index in [4.69, 9.17) is 0 Å². The SMILES string of the molecule is Cc1ccc(C)c(P(c2ccc(O)cc2)c2c(C)ccc(C)c2C)c1C.c1ccccc1. The maximum atomic E-state index is 9.79. The molecule has 0 saturated heterocycles. The van der Waals surface area contributed by atoms with Crippen LogP contribution in [0.25, 0.3) is 0 Å². The van der Waals surface area contributed by atoms with Crippen LogP contribution in [0.1, 0.15) is 33.4 Å². The molecule has 32 heavy (non-hydrogen) atoms. The summed E-state index contributed by atoms with van der Waals surface area (Å²) in [5.74, 6) is 0.319. The fourth-order valence-corrected chi connectivity index (χ4v) is 6.98. The van der Waals surface area contributed by atoms with E-state index >= 15 is 0 Å². The molecule has 1 nitrogen and oxygen atoms in total. The van der Waals surface area contributed by atoms with Gasteiger partial charge in [-0.2, -0.15) is 0 Å². The first-order chi connectivity index (χ1) is 15.3. The van der Waals surface area contributed by atoms with Crippen molar-refractivity contribution in [2.24, 2.45) is 0 Å². The van der Waals surface area contributed by atoms with E-state index in [1.165, 1.54) is 49.3 Å². The summed E-state index contributed by atoms with van der Waals surface area (Å²) in [5, 5.41) is 14.0. The van der Waals surface area contributed by atoms with E-state index < -0.39 is 7.92 Å². The van der Waals surface area contributed by atoms with Gasteiger partial charge in [-0.3, -0.25) is 0 Å². The summed E-state index contributed by atoms with van der Waals surface area (Å²) in [7, 11) is -0.685. The second-order valence-corrected chi connectivity index (χ2v) is 10.4. The Bertz CT molecular complexity index is 1090. The average molecular weight is 441 g/mol. The lowest BCUT2D eigenvalue weighted by Crippen LogP contribution is -2.28. The average Bonchev–Trinajstić information content (AvgIpc) is 2.80. The molecule has 164 valence electrons. The highest BCUT2D eigenvalue weighted by Gasteiger charge is 2.24. The second-order valence-electron chi connectivity index (χ2n) is 8.35. The van der Waals surface area contributed by atoms with Crippen LogP contribution in [0.2, 0.25) is 0 Å². The van der Waals surface area contributed by atoms with Crippen molar-refractivity contribution in [3.63, 3.8) is 0 Å². The highest BCUT2D eigenvalue weighted by molar-refractivity contribution is 7.80. The summed E-state index contributed by atoms with van der Waals surface area (Å²) in [5.41, 5.74) is 8.11. The van der Waals surface area contributed by atoms with Gasteiger partial charge in [0, 0.05) is 0 Å². The molecule has 4 aromatic rings.